The fraction of sp³-hybridized carbons (Fsp3) is 0.300. The number of carbonyl (C=O) groups excluding carboxylic acids is 2. The van der Waals surface area contributed by atoms with Crippen LogP contribution in [0.15, 0.2) is 53.4 Å². The van der Waals surface area contributed by atoms with Gasteiger partial charge in [-0.05, 0) is 50.2 Å². The van der Waals surface area contributed by atoms with E-state index in [1.807, 2.05) is 38.1 Å². The summed E-state index contributed by atoms with van der Waals surface area (Å²) in [6, 6.07) is 15.1. The molecule has 0 bridgehead atoms. The largest absolute Gasteiger partial charge is 0.494 e. The zero-order chi connectivity index (χ0) is 18.8. The highest BCUT2D eigenvalue weighted by Gasteiger charge is 2.08. The summed E-state index contributed by atoms with van der Waals surface area (Å²) >= 11 is 1.59. The highest BCUT2D eigenvalue weighted by Crippen LogP contribution is 2.19. The summed E-state index contributed by atoms with van der Waals surface area (Å²) in [5, 5.41) is 2.68. The average Bonchev–Trinajstić information content (AvgIpc) is 2.63. The smallest absolute Gasteiger partial charge is 0.307 e. The third-order valence-electron chi connectivity index (χ3n) is 3.41. The molecule has 2 rings (SSSR count). The molecule has 0 atom stereocenters. The zero-order valence-corrected chi connectivity index (χ0v) is 15.8. The van der Waals surface area contributed by atoms with Crippen LogP contribution in [0.2, 0.25) is 0 Å². The fourth-order valence-electron chi connectivity index (χ4n) is 2.10. The molecule has 5 nitrogen and oxygen atoms in total. The number of benzene rings is 2. The highest BCUT2D eigenvalue weighted by atomic mass is 32.2. The van der Waals surface area contributed by atoms with Crippen LogP contribution < -0.4 is 10.1 Å². The van der Waals surface area contributed by atoms with Gasteiger partial charge in [0.25, 0.3) is 5.91 Å². The molecule has 0 fully saturated rings. The van der Waals surface area contributed by atoms with Crippen molar-refractivity contribution in [1.82, 2.24) is 0 Å². The zero-order valence-electron chi connectivity index (χ0n) is 15.0. The van der Waals surface area contributed by atoms with Gasteiger partial charge in [-0.3, -0.25) is 9.59 Å². The van der Waals surface area contributed by atoms with Gasteiger partial charge in [0.15, 0.2) is 6.61 Å². The molecule has 0 aliphatic heterocycles. The van der Waals surface area contributed by atoms with E-state index in [0.717, 1.165) is 10.6 Å². The number of anilines is 1. The van der Waals surface area contributed by atoms with E-state index in [0.29, 0.717) is 18.0 Å². The maximum absolute atomic E-state index is 11.8. The monoisotopic (exact) mass is 373 g/mol. The molecular formula is C20H23NO4S. The molecular weight excluding hydrogens is 350 g/mol. The Labute approximate surface area is 158 Å². The van der Waals surface area contributed by atoms with Crippen LogP contribution >= 0.6 is 11.8 Å². The van der Waals surface area contributed by atoms with E-state index >= 15 is 0 Å². The van der Waals surface area contributed by atoms with E-state index in [2.05, 4.69) is 5.32 Å². The average molecular weight is 373 g/mol. The Bertz CT molecular complexity index is 714. The first-order chi connectivity index (χ1) is 12.6. The van der Waals surface area contributed by atoms with Crippen LogP contribution in [-0.4, -0.2) is 30.8 Å². The minimum Gasteiger partial charge on any atom is -0.494 e. The second kappa shape index (κ2) is 10.5. The number of hydrogen-bond donors (Lipinski definition) is 1. The molecule has 138 valence electrons. The lowest BCUT2D eigenvalue weighted by molar-refractivity contribution is -0.146. The van der Waals surface area contributed by atoms with Crippen LogP contribution in [0, 0.1) is 6.92 Å². The summed E-state index contributed by atoms with van der Waals surface area (Å²) in [4.78, 5) is 24.7. The SMILES string of the molecule is CCOc1ccc(NC(=O)COC(=O)CCSc2ccc(C)cc2)cc1. The topological polar surface area (TPSA) is 64.6 Å². The second-order valence-corrected chi connectivity index (χ2v) is 6.75. The van der Waals surface area contributed by atoms with Crippen LogP contribution in [0.25, 0.3) is 0 Å². The minimum absolute atomic E-state index is 0.259. The fourth-order valence-corrected chi connectivity index (χ4v) is 2.94. The summed E-state index contributed by atoms with van der Waals surface area (Å²) in [5.41, 5.74) is 1.83. The maximum atomic E-state index is 11.8. The third-order valence-corrected chi connectivity index (χ3v) is 4.42. The molecule has 6 heteroatoms. The van der Waals surface area contributed by atoms with Crippen LogP contribution in [0.4, 0.5) is 5.69 Å². The Balaban J connectivity index is 1.64. The first-order valence-corrected chi connectivity index (χ1v) is 9.43. The van der Waals surface area contributed by atoms with Crippen molar-refractivity contribution in [1.29, 1.82) is 0 Å². The van der Waals surface area contributed by atoms with Crippen molar-refractivity contribution in [2.24, 2.45) is 0 Å². The molecule has 2 aromatic carbocycles. The summed E-state index contributed by atoms with van der Waals surface area (Å²) in [5.74, 6) is 0.603. The number of amides is 1. The van der Waals surface area contributed by atoms with Gasteiger partial charge in [-0.15, -0.1) is 11.8 Å². The van der Waals surface area contributed by atoms with E-state index < -0.39 is 0 Å². The molecule has 0 radical (unpaired) electrons. The van der Waals surface area contributed by atoms with Crippen LogP contribution in [0.5, 0.6) is 5.75 Å². The van der Waals surface area contributed by atoms with Gasteiger partial charge >= 0.3 is 5.97 Å². The van der Waals surface area contributed by atoms with Gasteiger partial charge in [-0.1, -0.05) is 17.7 Å². The predicted octanol–water partition coefficient (Wildman–Crippen LogP) is 4.06. The molecule has 1 N–H and O–H groups in total. The van der Waals surface area contributed by atoms with Crippen molar-refractivity contribution >= 4 is 29.3 Å². The quantitative estimate of drug-likeness (QED) is 0.530. The summed E-state index contributed by atoms with van der Waals surface area (Å²) in [7, 11) is 0. The number of esters is 1. The van der Waals surface area contributed by atoms with Gasteiger partial charge < -0.3 is 14.8 Å². The summed E-state index contributed by atoms with van der Waals surface area (Å²) in [6.07, 6.45) is 0.259. The number of thioether (sulfide) groups is 1. The number of rotatable bonds is 9. The summed E-state index contributed by atoms with van der Waals surface area (Å²) < 4.78 is 10.3. The van der Waals surface area contributed by atoms with Crippen LogP contribution in [-0.2, 0) is 14.3 Å². The minimum atomic E-state index is -0.383. The van der Waals surface area contributed by atoms with E-state index in [9.17, 15) is 9.59 Å². The number of hydrogen-bond acceptors (Lipinski definition) is 5. The van der Waals surface area contributed by atoms with Crippen molar-refractivity contribution in [2.75, 3.05) is 24.3 Å². The lowest BCUT2D eigenvalue weighted by atomic mass is 10.2. The van der Waals surface area contributed by atoms with E-state index in [1.54, 1.807) is 36.0 Å². The summed E-state index contributed by atoms with van der Waals surface area (Å²) in [6.45, 7) is 4.23. The molecule has 0 unspecified atom stereocenters. The molecule has 0 spiro atoms. The normalized spacial score (nSPS) is 10.2. The number of nitrogens with one attached hydrogen (secondary N) is 1. The molecule has 26 heavy (non-hydrogen) atoms. The van der Waals surface area contributed by atoms with Crippen molar-refractivity contribution in [2.45, 2.75) is 25.2 Å². The predicted molar refractivity (Wildman–Crippen MR) is 104 cm³/mol. The first-order valence-electron chi connectivity index (χ1n) is 8.44. The Kier molecular flexibility index (Phi) is 8.02. The second-order valence-electron chi connectivity index (χ2n) is 5.58. The van der Waals surface area contributed by atoms with Gasteiger partial charge in [-0.2, -0.15) is 0 Å². The Morgan fingerprint density at radius 2 is 1.73 bits per heavy atom. The first kappa shape index (κ1) is 19.8. The van der Waals surface area contributed by atoms with Gasteiger partial charge in [0, 0.05) is 16.3 Å². The molecule has 0 aromatic heterocycles. The third kappa shape index (κ3) is 7.19. The van der Waals surface area contributed by atoms with E-state index in [-0.39, 0.29) is 24.9 Å². The maximum Gasteiger partial charge on any atom is 0.307 e. The lowest BCUT2D eigenvalue weighted by Gasteiger charge is -2.08. The number of aryl methyl sites for hydroxylation is 1. The van der Waals surface area contributed by atoms with E-state index in [1.165, 1.54) is 5.56 Å². The van der Waals surface area contributed by atoms with E-state index in [4.69, 9.17) is 9.47 Å². The van der Waals surface area contributed by atoms with Gasteiger partial charge in [0.2, 0.25) is 0 Å². The molecule has 0 aliphatic rings. The highest BCUT2D eigenvalue weighted by molar-refractivity contribution is 7.99. The number of ether oxygens (including phenoxy) is 2. The molecule has 2 aromatic rings. The van der Waals surface area contributed by atoms with Crippen LogP contribution in [0.3, 0.4) is 0 Å². The van der Waals surface area contributed by atoms with Crippen molar-refractivity contribution < 1.29 is 19.1 Å². The van der Waals surface area contributed by atoms with Crippen LogP contribution in [0.1, 0.15) is 18.9 Å². The standard InChI is InChI=1S/C20H23NO4S/c1-3-24-17-8-6-16(7-9-17)21-19(22)14-25-20(23)12-13-26-18-10-4-15(2)5-11-18/h4-11H,3,12-14H2,1-2H3,(H,21,22). The van der Waals surface area contributed by atoms with Crippen molar-refractivity contribution in [3.8, 4) is 5.75 Å². The van der Waals surface area contributed by atoms with Crippen molar-refractivity contribution in [3.63, 3.8) is 0 Å². The Morgan fingerprint density at radius 3 is 2.38 bits per heavy atom. The molecule has 1 amide bonds. The van der Waals surface area contributed by atoms with Gasteiger partial charge in [0.1, 0.15) is 5.75 Å². The molecule has 0 saturated carbocycles. The lowest BCUT2D eigenvalue weighted by Crippen LogP contribution is -2.21. The molecule has 0 aliphatic carbocycles. The number of carbonyl (C=O) groups is 2. The molecule has 0 saturated heterocycles. The Morgan fingerprint density at radius 1 is 1.04 bits per heavy atom. The molecule has 0 heterocycles. The van der Waals surface area contributed by atoms with Gasteiger partial charge in [0.05, 0.1) is 13.0 Å². The van der Waals surface area contributed by atoms with Gasteiger partial charge in [-0.25, -0.2) is 0 Å². The Hall–Kier alpha value is -2.47. The van der Waals surface area contributed by atoms with Crippen molar-refractivity contribution in [3.05, 3.63) is 54.1 Å².